The van der Waals surface area contributed by atoms with E-state index in [2.05, 4.69) is 16.0 Å². The molecule has 0 aliphatic rings. The molecule has 0 spiro atoms. The molecule has 1 heterocycles. The standard InChI is InChI=1S/C23H17FN4O2/c24-18-13-11-16(12-14-18)21-20(15-28(27-21)19-9-5-2-6-10-19)23(30)26-25-22(29)17-7-3-1-4-8-17/h1-15H,(H,25,29)(H,26,30). The number of carbonyl (C=O) groups excluding carboxylic acids is 2. The Morgan fingerprint density at radius 3 is 2.03 bits per heavy atom. The van der Waals surface area contributed by atoms with Crippen molar-refractivity contribution in [1.29, 1.82) is 0 Å². The second kappa shape index (κ2) is 8.40. The van der Waals surface area contributed by atoms with Crippen LogP contribution in [-0.2, 0) is 0 Å². The van der Waals surface area contributed by atoms with Gasteiger partial charge in [0.25, 0.3) is 11.8 Å². The van der Waals surface area contributed by atoms with E-state index in [-0.39, 0.29) is 11.4 Å². The van der Waals surface area contributed by atoms with Crippen molar-refractivity contribution >= 4 is 11.8 Å². The molecule has 0 bridgehead atoms. The van der Waals surface area contributed by atoms with E-state index in [0.717, 1.165) is 5.69 Å². The molecule has 0 saturated carbocycles. The zero-order chi connectivity index (χ0) is 20.9. The number of hydrazine groups is 1. The first-order valence-electron chi connectivity index (χ1n) is 9.18. The van der Waals surface area contributed by atoms with Crippen molar-refractivity contribution in [3.05, 3.63) is 108 Å². The van der Waals surface area contributed by atoms with Gasteiger partial charge in [-0.2, -0.15) is 5.10 Å². The summed E-state index contributed by atoms with van der Waals surface area (Å²) in [6.07, 6.45) is 1.57. The Morgan fingerprint density at radius 2 is 1.37 bits per heavy atom. The monoisotopic (exact) mass is 400 g/mol. The quantitative estimate of drug-likeness (QED) is 0.512. The summed E-state index contributed by atoms with van der Waals surface area (Å²) >= 11 is 0. The summed E-state index contributed by atoms with van der Waals surface area (Å²) < 4.78 is 14.9. The minimum Gasteiger partial charge on any atom is -0.267 e. The molecule has 4 rings (SSSR count). The predicted octanol–water partition coefficient (Wildman–Crippen LogP) is 3.75. The average molecular weight is 400 g/mol. The van der Waals surface area contributed by atoms with Crippen molar-refractivity contribution in [3.8, 4) is 16.9 Å². The van der Waals surface area contributed by atoms with Gasteiger partial charge < -0.3 is 0 Å². The van der Waals surface area contributed by atoms with Gasteiger partial charge in [-0.25, -0.2) is 9.07 Å². The van der Waals surface area contributed by atoms with Gasteiger partial charge in [-0.3, -0.25) is 20.4 Å². The van der Waals surface area contributed by atoms with Crippen LogP contribution < -0.4 is 10.9 Å². The number of amides is 2. The number of para-hydroxylation sites is 1. The van der Waals surface area contributed by atoms with Crippen LogP contribution in [0.5, 0.6) is 0 Å². The van der Waals surface area contributed by atoms with E-state index >= 15 is 0 Å². The van der Waals surface area contributed by atoms with E-state index in [4.69, 9.17) is 0 Å². The van der Waals surface area contributed by atoms with E-state index in [0.29, 0.717) is 16.8 Å². The van der Waals surface area contributed by atoms with Crippen LogP contribution in [0, 0.1) is 5.82 Å². The van der Waals surface area contributed by atoms with Crippen molar-refractivity contribution < 1.29 is 14.0 Å². The summed E-state index contributed by atoms with van der Waals surface area (Å²) in [5.74, 6) is -1.37. The topological polar surface area (TPSA) is 76.0 Å². The van der Waals surface area contributed by atoms with Crippen LogP contribution in [0.3, 0.4) is 0 Å². The van der Waals surface area contributed by atoms with E-state index in [1.54, 1.807) is 53.3 Å². The molecule has 2 N–H and O–H groups in total. The van der Waals surface area contributed by atoms with Crippen LogP contribution >= 0.6 is 0 Å². The fourth-order valence-electron chi connectivity index (χ4n) is 2.92. The van der Waals surface area contributed by atoms with Crippen molar-refractivity contribution in [1.82, 2.24) is 20.6 Å². The lowest BCUT2D eigenvalue weighted by molar-refractivity contribution is 0.0847. The van der Waals surface area contributed by atoms with Crippen LogP contribution in [0.15, 0.2) is 91.1 Å². The lowest BCUT2D eigenvalue weighted by atomic mass is 10.1. The number of nitrogens with zero attached hydrogens (tertiary/aromatic N) is 2. The first kappa shape index (κ1) is 19.1. The van der Waals surface area contributed by atoms with Crippen LogP contribution in [0.2, 0.25) is 0 Å². The van der Waals surface area contributed by atoms with Gasteiger partial charge in [0, 0.05) is 17.3 Å². The summed E-state index contributed by atoms with van der Waals surface area (Å²) in [7, 11) is 0. The van der Waals surface area contributed by atoms with Crippen molar-refractivity contribution in [2.24, 2.45) is 0 Å². The molecule has 2 amide bonds. The van der Waals surface area contributed by atoms with Gasteiger partial charge in [0.15, 0.2) is 0 Å². The van der Waals surface area contributed by atoms with E-state index in [9.17, 15) is 14.0 Å². The van der Waals surface area contributed by atoms with Gasteiger partial charge in [-0.1, -0.05) is 36.4 Å². The molecule has 0 aliphatic carbocycles. The first-order chi connectivity index (χ1) is 14.6. The highest BCUT2D eigenvalue weighted by Crippen LogP contribution is 2.24. The van der Waals surface area contributed by atoms with Crippen molar-refractivity contribution in [2.45, 2.75) is 0 Å². The molecule has 3 aromatic carbocycles. The Labute approximate surface area is 171 Å². The van der Waals surface area contributed by atoms with Gasteiger partial charge in [-0.15, -0.1) is 0 Å². The summed E-state index contributed by atoms with van der Waals surface area (Å²) in [4.78, 5) is 25.0. The Bertz CT molecular complexity index is 1170. The number of hydrogen-bond donors (Lipinski definition) is 2. The molecule has 0 atom stereocenters. The molecule has 6 nitrogen and oxygen atoms in total. The SMILES string of the molecule is O=C(NNC(=O)c1cn(-c2ccccc2)nc1-c1ccc(F)cc1)c1ccccc1. The van der Waals surface area contributed by atoms with E-state index in [1.807, 2.05) is 30.3 Å². The molecular weight excluding hydrogens is 383 g/mol. The van der Waals surface area contributed by atoms with Crippen molar-refractivity contribution in [2.75, 3.05) is 0 Å². The van der Waals surface area contributed by atoms with Crippen molar-refractivity contribution in [3.63, 3.8) is 0 Å². The normalized spacial score (nSPS) is 10.4. The number of benzene rings is 3. The molecule has 30 heavy (non-hydrogen) atoms. The lowest BCUT2D eigenvalue weighted by Gasteiger charge is -2.07. The number of hydrogen-bond acceptors (Lipinski definition) is 3. The average Bonchev–Trinajstić information content (AvgIpc) is 3.24. The zero-order valence-electron chi connectivity index (χ0n) is 15.7. The van der Waals surface area contributed by atoms with Gasteiger partial charge >= 0.3 is 0 Å². The maximum absolute atomic E-state index is 13.4. The zero-order valence-corrected chi connectivity index (χ0v) is 15.7. The maximum atomic E-state index is 13.4. The predicted molar refractivity (Wildman–Crippen MR) is 110 cm³/mol. The first-order valence-corrected chi connectivity index (χ1v) is 9.18. The van der Waals surface area contributed by atoms with Crippen LogP contribution in [-0.4, -0.2) is 21.6 Å². The molecule has 1 aromatic heterocycles. The molecule has 0 aliphatic heterocycles. The Hall–Kier alpha value is -4.26. The third-order valence-corrected chi connectivity index (χ3v) is 4.42. The molecule has 4 aromatic rings. The van der Waals surface area contributed by atoms with Gasteiger partial charge in [0.05, 0.1) is 11.3 Å². The highest BCUT2D eigenvalue weighted by atomic mass is 19.1. The number of halogens is 1. The Kier molecular flexibility index (Phi) is 5.34. The van der Waals surface area contributed by atoms with Crippen LogP contribution in [0.25, 0.3) is 16.9 Å². The molecule has 148 valence electrons. The summed E-state index contributed by atoms with van der Waals surface area (Å²) in [6.45, 7) is 0. The fourth-order valence-corrected chi connectivity index (χ4v) is 2.92. The van der Waals surface area contributed by atoms with Crippen LogP contribution in [0.1, 0.15) is 20.7 Å². The van der Waals surface area contributed by atoms with E-state index < -0.39 is 11.8 Å². The molecule has 0 saturated heterocycles. The number of rotatable bonds is 4. The summed E-state index contributed by atoms with van der Waals surface area (Å²) in [5.41, 5.74) is 7.16. The third-order valence-electron chi connectivity index (χ3n) is 4.42. The molecule has 7 heteroatoms. The highest BCUT2D eigenvalue weighted by Gasteiger charge is 2.19. The number of aromatic nitrogens is 2. The Morgan fingerprint density at radius 1 is 0.767 bits per heavy atom. The maximum Gasteiger partial charge on any atom is 0.273 e. The molecule has 0 fully saturated rings. The largest absolute Gasteiger partial charge is 0.273 e. The molecular formula is C23H17FN4O2. The second-order valence-electron chi connectivity index (χ2n) is 6.45. The van der Waals surface area contributed by atoms with E-state index in [1.165, 1.54) is 12.1 Å². The van der Waals surface area contributed by atoms with Gasteiger partial charge in [0.1, 0.15) is 11.5 Å². The highest BCUT2D eigenvalue weighted by molar-refractivity contribution is 6.02. The smallest absolute Gasteiger partial charge is 0.267 e. The Balaban J connectivity index is 1.63. The molecule has 0 radical (unpaired) electrons. The minimum absolute atomic E-state index is 0.235. The number of carbonyl (C=O) groups is 2. The second-order valence-corrected chi connectivity index (χ2v) is 6.45. The molecule has 0 unspecified atom stereocenters. The lowest BCUT2D eigenvalue weighted by Crippen LogP contribution is -2.41. The minimum atomic E-state index is -0.541. The van der Waals surface area contributed by atoms with Crippen LogP contribution in [0.4, 0.5) is 4.39 Å². The summed E-state index contributed by atoms with van der Waals surface area (Å²) in [6, 6.07) is 23.5. The third kappa shape index (κ3) is 4.10. The van der Waals surface area contributed by atoms with Gasteiger partial charge in [-0.05, 0) is 48.5 Å². The van der Waals surface area contributed by atoms with Gasteiger partial charge in [0.2, 0.25) is 0 Å². The summed E-state index contributed by atoms with van der Waals surface area (Å²) in [5, 5.41) is 4.51. The fraction of sp³-hybridized carbons (Fsp3) is 0. The number of nitrogens with one attached hydrogen (secondary N) is 2.